The molecule has 1 atom stereocenters. The van der Waals surface area contributed by atoms with Crippen molar-refractivity contribution in [3.63, 3.8) is 0 Å². The first kappa shape index (κ1) is 10.6. The average Bonchev–Trinajstić information content (AvgIpc) is 2.68. The molecule has 1 fully saturated rings. The fourth-order valence-corrected chi connectivity index (χ4v) is 2.96. The van der Waals surface area contributed by atoms with Crippen LogP contribution >= 0.6 is 0 Å². The van der Waals surface area contributed by atoms with Gasteiger partial charge in [-0.2, -0.15) is 0 Å². The fraction of sp³-hybridized carbons (Fsp3) is 0.400. The second-order valence-electron chi connectivity index (χ2n) is 4.98. The summed E-state index contributed by atoms with van der Waals surface area (Å²) in [6.45, 7) is 0. The monoisotopic (exact) mass is 227 g/mol. The van der Waals surface area contributed by atoms with Gasteiger partial charge < -0.3 is 4.57 Å². The highest BCUT2D eigenvalue weighted by atomic mass is 16.1. The van der Waals surface area contributed by atoms with Crippen molar-refractivity contribution in [2.45, 2.75) is 31.6 Å². The molecule has 0 amide bonds. The standard InChI is InChI=1S/C15H17NO/c1-16-10-13(11-6-2-4-8-14(11)16)12-7-3-5-9-15(12)17/h2,4,6,8,10,12H,3,5,7,9H2,1H3. The van der Waals surface area contributed by atoms with E-state index in [-0.39, 0.29) is 5.92 Å². The lowest BCUT2D eigenvalue weighted by Crippen LogP contribution is -2.16. The summed E-state index contributed by atoms with van der Waals surface area (Å²) in [6, 6.07) is 8.35. The van der Waals surface area contributed by atoms with Gasteiger partial charge in [0.15, 0.2) is 0 Å². The van der Waals surface area contributed by atoms with Crippen molar-refractivity contribution in [2.75, 3.05) is 0 Å². The second-order valence-corrected chi connectivity index (χ2v) is 4.98. The second kappa shape index (κ2) is 4.02. The molecule has 2 heteroatoms. The van der Waals surface area contributed by atoms with Gasteiger partial charge in [-0.15, -0.1) is 0 Å². The molecule has 1 aromatic carbocycles. The Labute approximate surface area is 101 Å². The maximum Gasteiger partial charge on any atom is 0.140 e. The molecule has 0 radical (unpaired) electrons. The van der Waals surface area contributed by atoms with Crippen molar-refractivity contribution in [3.05, 3.63) is 36.0 Å². The van der Waals surface area contributed by atoms with Crippen LogP contribution in [0.5, 0.6) is 0 Å². The van der Waals surface area contributed by atoms with Crippen LogP contribution in [-0.4, -0.2) is 10.4 Å². The number of carbonyl (C=O) groups is 1. The number of Topliss-reactive ketones (excluding diaryl/α,β-unsaturated/α-hetero) is 1. The van der Waals surface area contributed by atoms with Gasteiger partial charge in [-0.1, -0.05) is 24.6 Å². The Morgan fingerprint density at radius 3 is 2.88 bits per heavy atom. The molecule has 0 bridgehead atoms. The van der Waals surface area contributed by atoms with Crippen molar-refractivity contribution >= 4 is 16.7 Å². The van der Waals surface area contributed by atoms with Gasteiger partial charge in [0.05, 0.1) is 0 Å². The largest absolute Gasteiger partial charge is 0.350 e. The number of nitrogens with zero attached hydrogens (tertiary/aromatic N) is 1. The van der Waals surface area contributed by atoms with E-state index < -0.39 is 0 Å². The number of para-hydroxylation sites is 1. The number of aromatic nitrogens is 1. The van der Waals surface area contributed by atoms with Crippen LogP contribution in [0.2, 0.25) is 0 Å². The molecule has 1 unspecified atom stereocenters. The molecule has 0 N–H and O–H groups in total. The van der Waals surface area contributed by atoms with Crippen LogP contribution in [0.25, 0.3) is 10.9 Å². The highest BCUT2D eigenvalue weighted by Gasteiger charge is 2.26. The molecule has 2 aromatic rings. The van der Waals surface area contributed by atoms with E-state index in [9.17, 15) is 4.79 Å². The van der Waals surface area contributed by atoms with Gasteiger partial charge in [0.1, 0.15) is 5.78 Å². The third kappa shape index (κ3) is 1.68. The lowest BCUT2D eigenvalue weighted by molar-refractivity contribution is -0.121. The van der Waals surface area contributed by atoms with Gasteiger partial charge in [-0.25, -0.2) is 0 Å². The molecule has 1 heterocycles. The van der Waals surface area contributed by atoms with Gasteiger partial charge in [0.25, 0.3) is 0 Å². The minimum Gasteiger partial charge on any atom is -0.350 e. The minimum atomic E-state index is 0.134. The van der Waals surface area contributed by atoms with Gasteiger partial charge in [-0.05, 0) is 24.5 Å². The van der Waals surface area contributed by atoms with Gasteiger partial charge in [0.2, 0.25) is 0 Å². The summed E-state index contributed by atoms with van der Waals surface area (Å²) in [5.41, 5.74) is 2.45. The maximum absolute atomic E-state index is 12.0. The van der Waals surface area contributed by atoms with Crippen molar-refractivity contribution in [1.29, 1.82) is 0 Å². The molecule has 1 aromatic heterocycles. The summed E-state index contributed by atoms with van der Waals surface area (Å²) in [6.07, 6.45) is 6.17. The number of carbonyl (C=O) groups excluding carboxylic acids is 1. The van der Waals surface area contributed by atoms with Crippen molar-refractivity contribution in [1.82, 2.24) is 4.57 Å². The van der Waals surface area contributed by atoms with Crippen molar-refractivity contribution in [2.24, 2.45) is 7.05 Å². The molecule has 2 nitrogen and oxygen atoms in total. The Balaban J connectivity index is 2.13. The third-order valence-corrected chi connectivity index (χ3v) is 3.86. The van der Waals surface area contributed by atoms with Crippen molar-refractivity contribution in [3.8, 4) is 0 Å². The number of aryl methyl sites for hydroxylation is 1. The first-order chi connectivity index (χ1) is 8.27. The fourth-order valence-electron chi connectivity index (χ4n) is 2.96. The average molecular weight is 227 g/mol. The topological polar surface area (TPSA) is 22.0 Å². The zero-order chi connectivity index (χ0) is 11.8. The SMILES string of the molecule is Cn1cc(C2CCCCC2=O)c2ccccc21. The predicted octanol–water partition coefficient (Wildman–Crippen LogP) is 3.41. The Kier molecular flexibility index (Phi) is 2.50. The summed E-state index contributed by atoms with van der Waals surface area (Å²) in [7, 11) is 2.05. The smallest absolute Gasteiger partial charge is 0.140 e. The molecule has 1 aliphatic rings. The molecular weight excluding hydrogens is 210 g/mol. The van der Waals surface area contributed by atoms with Crippen LogP contribution in [-0.2, 0) is 11.8 Å². The first-order valence-corrected chi connectivity index (χ1v) is 6.34. The van der Waals surface area contributed by atoms with E-state index >= 15 is 0 Å². The normalized spacial score (nSPS) is 21.0. The maximum atomic E-state index is 12.0. The molecule has 0 saturated heterocycles. The Morgan fingerprint density at radius 1 is 1.24 bits per heavy atom. The molecule has 17 heavy (non-hydrogen) atoms. The molecule has 0 aliphatic heterocycles. The lowest BCUT2D eigenvalue weighted by atomic mass is 9.83. The summed E-state index contributed by atoms with van der Waals surface area (Å²) in [4.78, 5) is 12.0. The Morgan fingerprint density at radius 2 is 2.06 bits per heavy atom. The van der Waals surface area contributed by atoms with E-state index in [1.165, 1.54) is 22.9 Å². The number of benzene rings is 1. The van der Waals surface area contributed by atoms with Crippen molar-refractivity contribution < 1.29 is 4.79 Å². The van der Waals surface area contributed by atoms with Gasteiger partial charge in [0, 0.05) is 36.5 Å². The van der Waals surface area contributed by atoms with Crippen LogP contribution in [0.1, 0.15) is 37.2 Å². The first-order valence-electron chi connectivity index (χ1n) is 6.34. The zero-order valence-electron chi connectivity index (χ0n) is 10.1. The van der Waals surface area contributed by atoms with E-state index in [1.807, 2.05) is 0 Å². The Hall–Kier alpha value is -1.57. The third-order valence-electron chi connectivity index (χ3n) is 3.86. The number of hydrogen-bond donors (Lipinski definition) is 0. The summed E-state index contributed by atoms with van der Waals surface area (Å²) < 4.78 is 2.13. The molecular formula is C15H17NO. The quantitative estimate of drug-likeness (QED) is 0.731. The number of ketones is 1. The molecule has 1 saturated carbocycles. The number of rotatable bonds is 1. The van der Waals surface area contributed by atoms with Crippen LogP contribution < -0.4 is 0 Å². The molecule has 88 valence electrons. The van der Waals surface area contributed by atoms with Gasteiger partial charge >= 0.3 is 0 Å². The van der Waals surface area contributed by atoms with Crippen LogP contribution in [0, 0.1) is 0 Å². The van der Waals surface area contributed by atoms with Crippen LogP contribution in [0.3, 0.4) is 0 Å². The van der Waals surface area contributed by atoms with E-state index in [2.05, 4.69) is 42.1 Å². The summed E-state index contributed by atoms with van der Waals surface area (Å²) >= 11 is 0. The minimum absolute atomic E-state index is 0.134. The summed E-state index contributed by atoms with van der Waals surface area (Å²) in [5.74, 6) is 0.558. The van der Waals surface area contributed by atoms with Crippen LogP contribution in [0.15, 0.2) is 30.5 Å². The van der Waals surface area contributed by atoms with E-state index in [0.29, 0.717) is 5.78 Å². The van der Waals surface area contributed by atoms with E-state index in [1.54, 1.807) is 0 Å². The lowest BCUT2D eigenvalue weighted by Gasteiger charge is -2.19. The van der Waals surface area contributed by atoms with Gasteiger partial charge in [-0.3, -0.25) is 4.79 Å². The molecule has 0 spiro atoms. The number of hydrogen-bond acceptors (Lipinski definition) is 1. The molecule has 1 aliphatic carbocycles. The summed E-state index contributed by atoms with van der Waals surface area (Å²) in [5, 5.41) is 1.25. The van der Waals surface area contributed by atoms with E-state index in [0.717, 1.165) is 19.3 Å². The van der Waals surface area contributed by atoms with Crippen LogP contribution in [0.4, 0.5) is 0 Å². The van der Waals surface area contributed by atoms with E-state index in [4.69, 9.17) is 0 Å². The predicted molar refractivity (Wildman–Crippen MR) is 69.1 cm³/mol. The number of fused-ring (bicyclic) bond motifs is 1. The zero-order valence-corrected chi connectivity index (χ0v) is 10.1. The molecule has 3 rings (SSSR count). The Bertz CT molecular complexity index is 567. The highest BCUT2D eigenvalue weighted by molar-refractivity contribution is 5.93. The highest BCUT2D eigenvalue weighted by Crippen LogP contribution is 2.34.